The van der Waals surface area contributed by atoms with Gasteiger partial charge in [-0.1, -0.05) is 0 Å². The summed E-state index contributed by atoms with van der Waals surface area (Å²) >= 11 is 4.81. The van der Waals surface area contributed by atoms with Crippen LogP contribution in [0.1, 0.15) is 39.5 Å². The number of halogens is 1. The van der Waals surface area contributed by atoms with Gasteiger partial charge < -0.3 is 0 Å². The average Bonchev–Trinajstić information content (AvgIpc) is 2.18. The van der Waals surface area contributed by atoms with Gasteiger partial charge in [0.1, 0.15) is 0 Å². The molecule has 0 unspecified atom stereocenters. The van der Waals surface area contributed by atoms with Gasteiger partial charge in [-0.15, -0.1) is 0 Å². The predicted octanol–water partition coefficient (Wildman–Crippen LogP) is 4.83. The number of rotatable bonds is 9. The van der Waals surface area contributed by atoms with E-state index < -0.39 is 12.3 Å². The van der Waals surface area contributed by atoms with Crippen molar-refractivity contribution in [3.8, 4) is 0 Å². The molecule has 0 spiro atoms. The number of unbranched alkanes of at least 4 members (excludes halogenated alkanes) is 2. The van der Waals surface area contributed by atoms with Gasteiger partial charge in [0, 0.05) is 0 Å². The molecule has 0 fully saturated rings. The fraction of sp³-hybridized carbons (Fsp3) is 0.800. The first-order valence-corrected chi connectivity index (χ1v) is 13.2. The summed E-state index contributed by atoms with van der Waals surface area (Å²) in [6.07, 6.45) is 5.31. The summed E-state index contributed by atoms with van der Waals surface area (Å²) in [4.78, 5) is 2.25. The van der Waals surface area contributed by atoms with Crippen LogP contribution in [0.4, 0.5) is 0 Å². The second-order valence-corrected chi connectivity index (χ2v) is 14.9. The molecule has 0 heterocycles. The molecule has 14 heavy (non-hydrogen) atoms. The molecule has 0 aliphatic heterocycles. The predicted molar refractivity (Wildman–Crippen MR) is 75.5 cm³/mol. The normalized spacial score (nSPS) is 11.7. The van der Waals surface area contributed by atoms with Crippen LogP contribution in [0.3, 0.4) is 0 Å². The van der Waals surface area contributed by atoms with Crippen LogP contribution in [0.2, 0.25) is 0 Å². The standard InChI is InChI=1S/C10H20AsClS2/c1-3-5-9-13-11(7-8-12)14-10-6-4-2/h7-8H,3-6,9-10H2,1-2H3/b8-7+. The number of hydrogen-bond acceptors (Lipinski definition) is 2. The zero-order valence-corrected chi connectivity index (χ0v) is 13.3. The molecule has 0 saturated carbocycles. The van der Waals surface area contributed by atoms with E-state index in [0.29, 0.717) is 0 Å². The molecule has 0 nitrogen and oxygen atoms in total. The van der Waals surface area contributed by atoms with Crippen LogP contribution in [0, 0.1) is 0 Å². The molecule has 0 saturated heterocycles. The van der Waals surface area contributed by atoms with E-state index in [1.165, 1.54) is 37.2 Å². The third kappa shape index (κ3) is 9.83. The summed E-state index contributed by atoms with van der Waals surface area (Å²) in [5.41, 5.74) is 1.72. The molecule has 84 valence electrons. The van der Waals surface area contributed by atoms with Gasteiger partial charge in [-0.3, -0.25) is 0 Å². The van der Waals surface area contributed by atoms with Crippen molar-refractivity contribution in [3.05, 3.63) is 10.4 Å². The second-order valence-electron chi connectivity index (χ2n) is 2.93. The number of hydrogen-bond donors (Lipinski definition) is 0. The van der Waals surface area contributed by atoms with Crippen molar-refractivity contribution in [2.45, 2.75) is 39.5 Å². The summed E-state index contributed by atoms with van der Waals surface area (Å²) in [6.45, 7) is 4.50. The minimum atomic E-state index is -0.843. The van der Waals surface area contributed by atoms with Crippen molar-refractivity contribution in [1.82, 2.24) is 0 Å². The Hall–Kier alpha value is 1.29. The van der Waals surface area contributed by atoms with E-state index in [9.17, 15) is 0 Å². The molecule has 0 atom stereocenters. The maximum atomic E-state index is 5.65. The zero-order chi connectivity index (χ0) is 10.6. The molecule has 0 bridgehead atoms. The van der Waals surface area contributed by atoms with E-state index in [4.69, 9.17) is 11.6 Å². The molecule has 0 aromatic heterocycles. The van der Waals surface area contributed by atoms with Gasteiger partial charge in [-0.2, -0.15) is 0 Å². The first kappa shape index (κ1) is 15.3. The van der Waals surface area contributed by atoms with Crippen molar-refractivity contribution in [2.24, 2.45) is 0 Å². The molecule has 0 aliphatic rings. The van der Waals surface area contributed by atoms with Crippen LogP contribution < -0.4 is 0 Å². The van der Waals surface area contributed by atoms with Crippen molar-refractivity contribution < 1.29 is 0 Å². The zero-order valence-electron chi connectivity index (χ0n) is 9.04. The summed E-state index contributed by atoms with van der Waals surface area (Å²) in [5.74, 6) is 2.63. The minimum absolute atomic E-state index is 0.843. The Balaban J connectivity index is 3.55. The molecular formula is C10H20AsClS2. The van der Waals surface area contributed by atoms with Crippen LogP contribution >= 0.6 is 31.6 Å². The van der Waals surface area contributed by atoms with Crippen LogP contribution in [-0.2, 0) is 0 Å². The van der Waals surface area contributed by atoms with E-state index in [1.54, 1.807) is 5.54 Å². The van der Waals surface area contributed by atoms with Crippen molar-refractivity contribution in [1.29, 1.82) is 0 Å². The molecule has 0 aromatic carbocycles. The Labute approximate surface area is 105 Å². The molecule has 4 heteroatoms. The van der Waals surface area contributed by atoms with Crippen LogP contribution in [0.25, 0.3) is 0 Å². The topological polar surface area (TPSA) is 0 Å². The quantitative estimate of drug-likeness (QED) is 0.441. The van der Waals surface area contributed by atoms with E-state index >= 15 is 0 Å². The molecule has 0 N–H and O–H groups in total. The summed E-state index contributed by atoms with van der Waals surface area (Å²) in [5, 5.41) is 0. The van der Waals surface area contributed by atoms with E-state index in [2.05, 4.69) is 38.8 Å². The molecule has 0 radical (unpaired) electrons. The molecular weight excluding hydrogens is 295 g/mol. The van der Waals surface area contributed by atoms with Gasteiger partial charge >= 0.3 is 105 Å². The van der Waals surface area contributed by atoms with Gasteiger partial charge in [-0.25, -0.2) is 0 Å². The Kier molecular flexibility index (Phi) is 13.5. The second kappa shape index (κ2) is 12.4. The van der Waals surface area contributed by atoms with Crippen LogP contribution in [-0.4, -0.2) is 23.8 Å². The Bertz CT molecular complexity index is 132. The van der Waals surface area contributed by atoms with E-state index in [-0.39, 0.29) is 0 Å². The monoisotopic (exact) mass is 314 g/mol. The Morgan fingerprint density at radius 1 is 1.07 bits per heavy atom. The average molecular weight is 315 g/mol. The van der Waals surface area contributed by atoms with Crippen molar-refractivity contribution >= 4 is 44.0 Å². The first-order chi connectivity index (χ1) is 6.85. The Morgan fingerprint density at radius 3 is 1.93 bits per heavy atom. The molecule has 0 aromatic rings. The van der Waals surface area contributed by atoms with Crippen molar-refractivity contribution in [2.75, 3.05) is 11.5 Å². The van der Waals surface area contributed by atoms with Gasteiger partial charge in [0.25, 0.3) is 0 Å². The summed E-state index contributed by atoms with van der Waals surface area (Å²) in [7, 11) is 4.32. The SMILES string of the molecule is CCCCS[As](/C=C/Cl)SCCCC. The fourth-order valence-electron chi connectivity index (χ4n) is 0.767. The van der Waals surface area contributed by atoms with Gasteiger partial charge in [0.2, 0.25) is 0 Å². The van der Waals surface area contributed by atoms with Gasteiger partial charge in [0.05, 0.1) is 0 Å². The van der Waals surface area contributed by atoms with Crippen LogP contribution in [0.15, 0.2) is 10.4 Å². The van der Waals surface area contributed by atoms with E-state index in [0.717, 1.165) is 0 Å². The Morgan fingerprint density at radius 2 is 1.57 bits per heavy atom. The van der Waals surface area contributed by atoms with Gasteiger partial charge in [0.15, 0.2) is 0 Å². The van der Waals surface area contributed by atoms with E-state index in [1.807, 2.05) is 0 Å². The van der Waals surface area contributed by atoms with Gasteiger partial charge in [-0.05, 0) is 0 Å². The first-order valence-electron chi connectivity index (χ1n) is 5.17. The summed E-state index contributed by atoms with van der Waals surface area (Å²) in [6, 6.07) is 0. The fourth-order valence-corrected chi connectivity index (χ4v) is 13.2. The molecule has 0 aliphatic carbocycles. The molecule has 0 rings (SSSR count). The third-order valence-corrected chi connectivity index (χ3v) is 14.4. The van der Waals surface area contributed by atoms with Crippen molar-refractivity contribution in [3.63, 3.8) is 0 Å². The summed E-state index contributed by atoms with van der Waals surface area (Å²) < 4.78 is 0. The van der Waals surface area contributed by atoms with Crippen LogP contribution in [0.5, 0.6) is 0 Å². The molecule has 0 amide bonds. The third-order valence-electron chi connectivity index (χ3n) is 1.61. The maximum absolute atomic E-state index is 5.65.